The van der Waals surface area contributed by atoms with E-state index >= 15 is 0 Å². The van der Waals surface area contributed by atoms with E-state index in [0.29, 0.717) is 24.2 Å². The fraction of sp³-hybridized carbons (Fsp3) is 0.333. The van der Waals surface area contributed by atoms with Gasteiger partial charge in [0.25, 0.3) is 11.8 Å². The van der Waals surface area contributed by atoms with E-state index in [1.165, 1.54) is 13.2 Å². The van der Waals surface area contributed by atoms with Crippen molar-refractivity contribution in [3.05, 3.63) is 53.3 Å². The molecule has 11 nitrogen and oxygen atoms in total. The number of imide groups is 1. The quantitative estimate of drug-likeness (QED) is 0.422. The van der Waals surface area contributed by atoms with Crippen molar-refractivity contribution < 1.29 is 32.3 Å². The van der Waals surface area contributed by atoms with Crippen molar-refractivity contribution >= 4 is 27.7 Å². The predicted molar refractivity (Wildman–Crippen MR) is 119 cm³/mol. The van der Waals surface area contributed by atoms with Crippen LogP contribution < -0.4 is 25.2 Å². The molecule has 0 fully saturated rings. The summed E-state index contributed by atoms with van der Waals surface area (Å²) in [5.41, 5.74) is 5.49. The molecule has 0 saturated carbocycles. The monoisotopic (exact) mass is 478 g/mol. The fourth-order valence-corrected chi connectivity index (χ4v) is 3.77. The van der Waals surface area contributed by atoms with Gasteiger partial charge in [-0.25, -0.2) is 18.1 Å². The van der Waals surface area contributed by atoms with Crippen molar-refractivity contribution in [2.45, 2.75) is 26.4 Å². The van der Waals surface area contributed by atoms with Gasteiger partial charge in [0.15, 0.2) is 11.4 Å². The Labute approximate surface area is 191 Å². The van der Waals surface area contributed by atoms with Crippen molar-refractivity contribution in [3.8, 4) is 11.5 Å². The summed E-state index contributed by atoms with van der Waals surface area (Å²) >= 11 is 0. The maximum Gasteiger partial charge on any atom is 0.280 e. The van der Waals surface area contributed by atoms with Crippen molar-refractivity contribution in [3.63, 3.8) is 0 Å². The molecule has 0 aliphatic heterocycles. The number of pyridine rings is 1. The maximum atomic E-state index is 12.5. The van der Waals surface area contributed by atoms with Crippen molar-refractivity contribution in [1.82, 2.24) is 15.0 Å². The Kier molecular flexibility index (Phi) is 9.30. The highest BCUT2D eigenvalue weighted by Crippen LogP contribution is 2.21. The van der Waals surface area contributed by atoms with Gasteiger partial charge in [0, 0.05) is 6.20 Å². The lowest BCUT2D eigenvalue weighted by molar-refractivity contribution is -0.118. The molecule has 1 heterocycles. The van der Waals surface area contributed by atoms with Gasteiger partial charge in [-0.1, -0.05) is 25.5 Å². The Balaban J connectivity index is 2.31. The molecule has 3 amide bonds. The highest BCUT2D eigenvalue weighted by molar-refractivity contribution is 7.90. The molecule has 2 rings (SSSR count). The van der Waals surface area contributed by atoms with E-state index < -0.39 is 34.3 Å². The second-order valence-electron chi connectivity index (χ2n) is 6.90. The van der Waals surface area contributed by atoms with Crippen LogP contribution in [0.3, 0.4) is 0 Å². The molecule has 0 unspecified atom stereocenters. The summed E-state index contributed by atoms with van der Waals surface area (Å²) in [6.07, 6.45) is 2.05. The lowest BCUT2D eigenvalue weighted by Gasteiger charge is -2.13. The number of carbonyl (C=O) groups is 3. The molecule has 0 bridgehead atoms. The molecule has 0 saturated heterocycles. The van der Waals surface area contributed by atoms with Crippen LogP contribution in [-0.2, 0) is 21.4 Å². The molecule has 1 aromatic heterocycles. The first-order chi connectivity index (χ1) is 15.7. The zero-order valence-electron chi connectivity index (χ0n) is 18.3. The second kappa shape index (κ2) is 11.9. The van der Waals surface area contributed by atoms with E-state index in [-0.39, 0.29) is 29.4 Å². The summed E-state index contributed by atoms with van der Waals surface area (Å²) in [4.78, 5) is 40.3. The molecule has 0 spiro atoms. The number of rotatable bonds is 11. The molecule has 0 aliphatic carbocycles. The highest BCUT2D eigenvalue weighted by atomic mass is 32.2. The van der Waals surface area contributed by atoms with E-state index in [1.54, 1.807) is 24.3 Å². The van der Waals surface area contributed by atoms with Gasteiger partial charge in [-0.15, -0.1) is 0 Å². The number of unbranched alkanes of at least 4 members (excludes halogenated alkanes) is 1. The number of sulfonamides is 1. The summed E-state index contributed by atoms with van der Waals surface area (Å²) in [5.74, 6) is -2.28. The number of aromatic nitrogens is 1. The number of amides is 3. The zero-order chi connectivity index (χ0) is 24.4. The minimum absolute atomic E-state index is 0.0239. The fourth-order valence-electron chi connectivity index (χ4n) is 2.60. The molecule has 12 heteroatoms. The Morgan fingerprint density at radius 3 is 2.58 bits per heavy atom. The van der Waals surface area contributed by atoms with Gasteiger partial charge in [-0.2, -0.15) is 0 Å². The first-order valence-electron chi connectivity index (χ1n) is 10.0. The summed E-state index contributed by atoms with van der Waals surface area (Å²) in [6.45, 7) is 1.39. The molecule has 33 heavy (non-hydrogen) atoms. The number of hydrogen-bond donors (Lipinski definition) is 3. The normalized spacial score (nSPS) is 10.9. The van der Waals surface area contributed by atoms with Crippen LogP contribution in [0.15, 0.2) is 36.5 Å². The Morgan fingerprint density at radius 1 is 1.15 bits per heavy atom. The van der Waals surface area contributed by atoms with Crippen LogP contribution in [-0.4, -0.2) is 50.5 Å². The van der Waals surface area contributed by atoms with E-state index in [0.717, 1.165) is 6.20 Å². The number of methoxy groups -OCH3 is 1. The largest absolute Gasteiger partial charge is 0.497 e. The Hall–Kier alpha value is -3.51. The second-order valence-corrected chi connectivity index (χ2v) is 8.74. The molecular formula is C21H26N4O7S. The maximum absolute atomic E-state index is 12.5. The number of carbonyl (C=O) groups excluding carboxylic acids is 3. The van der Waals surface area contributed by atoms with Crippen LogP contribution in [0, 0.1) is 0 Å². The standard InChI is InChI=1S/C21H26N4O7S/c1-3-4-8-33(29,30)25-20(27)15-10-17(19(23-12-15)21(28)24-18(26)11-22)32-13-14-6-5-7-16(9-14)31-2/h5-7,9-10,12H,3-4,8,11,13,22H2,1-2H3,(H,25,27)(H,24,26,28). The molecule has 0 aliphatic rings. The minimum atomic E-state index is -3.83. The number of benzene rings is 1. The van der Waals surface area contributed by atoms with Crippen LogP contribution in [0.4, 0.5) is 0 Å². The average Bonchev–Trinajstić information content (AvgIpc) is 2.80. The number of ether oxygens (including phenoxy) is 2. The van der Waals surface area contributed by atoms with E-state index in [2.05, 4.69) is 10.3 Å². The lowest BCUT2D eigenvalue weighted by Crippen LogP contribution is -2.36. The SMILES string of the molecule is CCCCS(=O)(=O)NC(=O)c1cnc(C(=O)NC(=O)CN)c(OCc2cccc(OC)c2)c1. The first kappa shape index (κ1) is 25.7. The van der Waals surface area contributed by atoms with Gasteiger partial charge in [0.2, 0.25) is 15.9 Å². The third-order valence-electron chi connectivity index (χ3n) is 4.31. The van der Waals surface area contributed by atoms with Crippen LogP contribution >= 0.6 is 0 Å². The van der Waals surface area contributed by atoms with Gasteiger partial charge in [0.05, 0.1) is 25.0 Å². The van der Waals surface area contributed by atoms with Gasteiger partial charge in [-0.05, 0) is 30.2 Å². The number of nitrogens with two attached hydrogens (primary N) is 1. The third-order valence-corrected chi connectivity index (χ3v) is 5.63. The third kappa shape index (κ3) is 7.84. The average molecular weight is 479 g/mol. The summed E-state index contributed by atoms with van der Waals surface area (Å²) < 4.78 is 36.9. The van der Waals surface area contributed by atoms with Crippen LogP contribution in [0.2, 0.25) is 0 Å². The lowest BCUT2D eigenvalue weighted by atomic mass is 10.2. The molecule has 4 N–H and O–H groups in total. The van der Waals surface area contributed by atoms with E-state index in [4.69, 9.17) is 15.2 Å². The highest BCUT2D eigenvalue weighted by Gasteiger charge is 2.22. The molecule has 2 aromatic rings. The minimum Gasteiger partial charge on any atom is -0.497 e. The molecule has 178 valence electrons. The van der Waals surface area contributed by atoms with Gasteiger partial charge >= 0.3 is 0 Å². The van der Waals surface area contributed by atoms with Crippen LogP contribution in [0.25, 0.3) is 0 Å². The van der Waals surface area contributed by atoms with Crippen molar-refractivity contribution in [1.29, 1.82) is 0 Å². The summed E-state index contributed by atoms with van der Waals surface area (Å²) in [5, 5.41) is 2.05. The number of nitrogens with zero attached hydrogens (tertiary/aromatic N) is 1. The van der Waals surface area contributed by atoms with Gasteiger partial charge in [0.1, 0.15) is 12.4 Å². The molecule has 1 aromatic carbocycles. The smallest absolute Gasteiger partial charge is 0.280 e. The zero-order valence-corrected chi connectivity index (χ0v) is 19.1. The summed E-state index contributed by atoms with van der Waals surface area (Å²) in [6, 6.07) is 8.13. The molecule has 0 radical (unpaired) electrons. The molecular weight excluding hydrogens is 452 g/mol. The van der Waals surface area contributed by atoms with Crippen LogP contribution in [0.5, 0.6) is 11.5 Å². The Morgan fingerprint density at radius 2 is 1.91 bits per heavy atom. The van der Waals surface area contributed by atoms with E-state index in [1.807, 2.05) is 11.6 Å². The Bertz CT molecular complexity index is 1120. The van der Waals surface area contributed by atoms with E-state index in [9.17, 15) is 22.8 Å². The van der Waals surface area contributed by atoms with Crippen molar-refractivity contribution in [2.75, 3.05) is 19.4 Å². The van der Waals surface area contributed by atoms with Crippen molar-refractivity contribution in [2.24, 2.45) is 5.73 Å². The topological polar surface area (TPSA) is 167 Å². The van der Waals surface area contributed by atoms with Gasteiger partial charge in [-0.3, -0.25) is 19.7 Å². The van der Waals surface area contributed by atoms with Gasteiger partial charge < -0.3 is 15.2 Å². The summed E-state index contributed by atoms with van der Waals surface area (Å²) in [7, 11) is -2.32. The number of nitrogens with one attached hydrogen (secondary N) is 2. The van der Waals surface area contributed by atoms with Crippen LogP contribution in [0.1, 0.15) is 46.2 Å². The number of hydrogen-bond acceptors (Lipinski definition) is 9. The molecule has 0 atom stereocenters. The predicted octanol–water partition coefficient (Wildman–Crippen LogP) is 0.744. The first-order valence-corrected chi connectivity index (χ1v) is 11.7.